The van der Waals surface area contributed by atoms with Gasteiger partial charge >= 0.3 is 0 Å². The highest BCUT2D eigenvalue weighted by atomic mass is 16.3. The lowest BCUT2D eigenvalue weighted by Crippen LogP contribution is -2.17. The molecule has 3 rings (SSSR count). The minimum Gasteiger partial charge on any atom is -0.507 e. The second-order valence-electron chi connectivity index (χ2n) is 8.97. The maximum atomic E-state index is 11.0. The van der Waals surface area contributed by atoms with E-state index in [9.17, 15) is 5.11 Å². The van der Waals surface area contributed by atoms with Gasteiger partial charge in [0.05, 0.1) is 16.6 Å². The Morgan fingerprint density at radius 2 is 1.64 bits per heavy atom. The number of phenols is 1. The Morgan fingerprint density at radius 3 is 2.20 bits per heavy atom. The number of aryl methyl sites for hydroxylation is 1. The molecule has 0 aliphatic heterocycles. The van der Waals surface area contributed by atoms with Gasteiger partial charge in [-0.15, -0.1) is 0 Å². The summed E-state index contributed by atoms with van der Waals surface area (Å²) in [5.74, 6) is 1.04. The van der Waals surface area contributed by atoms with E-state index in [0.29, 0.717) is 5.75 Å². The fourth-order valence-corrected chi connectivity index (χ4v) is 3.12. The van der Waals surface area contributed by atoms with Gasteiger partial charge in [-0.1, -0.05) is 59.7 Å². The molecular weight excluding hydrogens is 308 g/mol. The molecule has 0 fully saturated rings. The second kappa shape index (κ2) is 5.62. The van der Waals surface area contributed by atoms with E-state index in [2.05, 4.69) is 71.6 Å². The lowest BCUT2D eigenvalue weighted by Gasteiger charge is -2.27. The van der Waals surface area contributed by atoms with Crippen LogP contribution in [-0.2, 0) is 10.8 Å². The SMILES string of the molecule is Cc1cccc2nc(-c3cc(C(C)(C)C)cc(C(C)(C)C)c3O)[nH]c12. The van der Waals surface area contributed by atoms with Crippen molar-refractivity contribution in [3.05, 3.63) is 47.0 Å². The number of nitrogens with one attached hydrogen (secondary N) is 1. The highest BCUT2D eigenvalue weighted by molar-refractivity contribution is 5.83. The van der Waals surface area contributed by atoms with E-state index < -0.39 is 0 Å². The van der Waals surface area contributed by atoms with Crippen molar-refractivity contribution < 1.29 is 5.11 Å². The van der Waals surface area contributed by atoms with Crippen molar-refractivity contribution in [2.75, 3.05) is 0 Å². The van der Waals surface area contributed by atoms with Crippen molar-refractivity contribution >= 4 is 11.0 Å². The number of para-hydroxylation sites is 1. The minimum absolute atomic E-state index is 0.00954. The van der Waals surface area contributed by atoms with Crippen molar-refractivity contribution in [1.29, 1.82) is 0 Å². The third-order valence-electron chi connectivity index (χ3n) is 4.77. The zero-order valence-corrected chi connectivity index (χ0v) is 16.3. The quantitative estimate of drug-likeness (QED) is 0.586. The number of hydrogen-bond acceptors (Lipinski definition) is 2. The molecule has 0 aliphatic carbocycles. The Balaban J connectivity index is 2.32. The number of aromatic hydroxyl groups is 1. The van der Waals surface area contributed by atoms with Gasteiger partial charge in [0, 0.05) is 5.56 Å². The van der Waals surface area contributed by atoms with Crippen LogP contribution in [0.1, 0.15) is 58.2 Å². The van der Waals surface area contributed by atoms with Crippen LogP contribution < -0.4 is 0 Å². The first-order chi connectivity index (χ1) is 11.5. The Morgan fingerprint density at radius 1 is 0.960 bits per heavy atom. The Labute approximate surface area is 150 Å². The number of phenolic OH excluding ortho intramolecular Hbond substituents is 1. The molecule has 3 aromatic rings. The van der Waals surface area contributed by atoms with Gasteiger partial charge < -0.3 is 10.1 Å². The van der Waals surface area contributed by atoms with Gasteiger partial charge in [-0.25, -0.2) is 4.98 Å². The van der Waals surface area contributed by atoms with Crippen molar-refractivity contribution in [2.45, 2.75) is 59.3 Å². The van der Waals surface area contributed by atoms with E-state index in [0.717, 1.165) is 33.5 Å². The summed E-state index contributed by atoms with van der Waals surface area (Å²) in [4.78, 5) is 8.14. The molecular formula is C22H28N2O. The van der Waals surface area contributed by atoms with Crippen LogP contribution in [0.2, 0.25) is 0 Å². The van der Waals surface area contributed by atoms with Gasteiger partial charge in [0.15, 0.2) is 0 Å². The number of H-pyrrole nitrogens is 1. The predicted molar refractivity (Wildman–Crippen MR) is 105 cm³/mol. The molecule has 0 atom stereocenters. The number of rotatable bonds is 1. The average Bonchev–Trinajstić information content (AvgIpc) is 2.90. The number of imidazole rings is 1. The van der Waals surface area contributed by atoms with Gasteiger partial charge in [-0.05, 0) is 41.0 Å². The molecule has 0 unspecified atom stereocenters. The summed E-state index contributed by atoms with van der Waals surface area (Å²) in [6.45, 7) is 15.0. The van der Waals surface area contributed by atoms with Crippen molar-refractivity contribution in [2.24, 2.45) is 0 Å². The number of aromatic nitrogens is 2. The second-order valence-corrected chi connectivity index (χ2v) is 8.97. The van der Waals surface area contributed by atoms with Crippen LogP contribution in [0.3, 0.4) is 0 Å². The van der Waals surface area contributed by atoms with Gasteiger partial charge in [0.2, 0.25) is 0 Å². The molecule has 25 heavy (non-hydrogen) atoms. The molecule has 1 heterocycles. The topological polar surface area (TPSA) is 48.9 Å². The van der Waals surface area contributed by atoms with Gasteiger partial charge in [-0.2, -0.15) is 0 Å². The standard InChI is InChI=1S/C22H28N2O/c1-13-9-8-10-17-18(13)24-20(23-17)15-11-14(21(2,3)4)12-16(19(15)25)22(5,6)7/h8-12,25H,1-7H3,(H,23,24). The molecule has 3 heteroatoms. The van der Waals surface area contributed by atoms with E-state index >= 15 is 0 Å². The van der Waals surface area contributed by atoms with Crippen LogP contribution in [0, 0.1) is 6.92 Å². The largest absolute Gasteiger partial charge is 0.507 e. The summed E-state index contributed by atoms with van der Waals surface area (Å²) in [5, 5.41) is 11.0. The van der Waals surface area contributed by atoms with Crippen molar-refractivity contribution in [3.8, 4) is 17.1 Å². The highest BCUT2D eigenvalue weighted by Crippen LogP contribution is 2.41. The van der Waals surface area contributed by atoms with E-state index in [1.54, 1.807) is 0 Å². The normalized spacial score (nSPS) is 12.8. The van der Waals surface area contributed by atoms with E-state index in [1.165, 1.54) is 5.56 Å². The highest BCUT2D eigenvalue weighted by Gasteiger charge is 2.26. The van der Waals surface area contributed by atoms with Crippen LogP contribution in [-0.4, -0.2) is 15.1 Å². The first kappa shape index (κ1) is 17.5. The molecule has 3 nitrogen and oxygen atoms in total. The number of benzene rings is 2. The number of nitrogens with zero attached hydrogens (tertiary/aromatic N) is 1. The van der Waals surface area contributed by atoms with Crippen LogP contribution in [0.25, 0.3) is 22.4 Å². The fourth-order valence-electron chi connectivity index (χ4n) is 3.12. The summed E-state index contributed by atoms with van der Waals surface area (Å²) in [6.07, 6.45) is 0. The van der Waals surface area contributed by atoms with E-state index in [1.807, 2.05) is 12.1 Å². The molecule has 2 N–H and O–H groups in total. The zero-order chi connectivity index (χ0) is 18.6. The smallest absolute Gasteiger partial charge is 0.142 e. The predicted octanol–water partition coefficient (Wildman–Crippen LogP) is 5.84. The van der Waals surface area contributed by atoms with Crippen LogP contribution >= 0.6 is 0 Å². The van der Waals surface area contributed by atoms with E-state index in [4.69, 9.17) is 4.98 Å². The van der Waals surface area contributed by atoms with Crippen LogP contribution in [0.15, 0.2) is 30.3 Å². The van der Waals surface area contributed by atoms with Crippen LogP contribution in [0.5, 0.6) is 5.75 Å². The Bertz CT molecular complexity index is 937. The Hall–Kier alpha value is -2.29. The molecule has 2 aromatic carbocycles. The average molecular weight is 336 g/mol. The summed E-state index contributed by atoms with van der Waals surface area (Å²) in [6, 6.07) is 10.3. The molecule has 0 radical (unpaired) electrons. The molecule has 0 spiro atoms. The summed E-state index contributed by atoms with van der Waals surface area (Å²) >= 11 is 0. The molecule has 0 saturated heterocycles. The molecule has 0 bridgehead atoms. The lowest BCUT2D eigenvalue weighted by atomic mass is 9.79. The van der Waals surface area contributed by atoms with E-state index in [-0.39, 0.29) is 10.8 Å². The van der Waals surface area contributed by atoms with Crippen LogP contribution in [0.4, 0.5) is 0 Å². The van der Waals surface area contributed by atoms with Gasteiger partial charge in [0.25, 0.3) is 0 Å². The summed E-state index contributed by atoms with van der Waals surface area (Å²) in [5.41, 5.74) is 5.86. The summed E-state index contributed by atoms with van der Waals surface area (Å²) < 4.78 is 0. The molecule has 1 aromatic heterocycles. The zero-order valence-electron chi connectivity index (χ0n) is 16.3. The molecule has 0 aliphatic rings. The maximum absolute atomic E-state index is 11.0. The number of aromatic amines is 1. The third kappa shape index (κ3) is 3.15. The Kier molecular flexibility index (Phi) is 3.94. The lowest BCUT2D eigenvalue weighted by molar-refractivity contribution is 0.446. The van der Waals surface area contributed by atoms with Gasteiger partial charge in [-0.3, -0.25) is 0 Å². The maximum Gasteiger partial charge on any atom is 0.142 e. The summed E-state index contributed by atoms with van der Waals surface area (Å²) in [7, 11) is 0. The van der Waals surface area contributed by atoms with Crippen molar-refractivity contribution in [1.82, 2.24) is 9.97 Å². The molecule has 132 valence electrons. The monoisotopic (exact) mass is 336 g/mol. The number of hydrogen-bond donors (Lipinski definition) is 2. The minimum atomic E-state index is -0.151. The molecule has 0 amide bonds. The number of fused-ring (bicyclic) bond motifs is 1. The van der Waals surface area contributed by atoms with Gasteiger partial charge in [0.1, 0.15) is 11.6 Å². The third-order valence-corrected chi connectivity index (χ3v) is 4.77. The first-order valence-electron chi connectivity index (χ1n) is 8.82. The molecule has 0 saturated carbocycles. The van der Waals surface area contributed by atoms with Crippen molar-refractivity contribution in [3.63, 3.8) is 0 Å². The first-order valence-corrected chi connectivity index (χ1v) is 8.82. The fraction of sp³-hybridized carbons (Fsp3) is 0.409.